The Bertz CT molecular complexity index is 582. The van der Waals surface area contributed by atoms with E-state index < -0.39 is 10.0 Å². The molecule has 1 aromatic rings. The molecule has 3 rings (SSSR count). The maximum atomic E-state index is 12.9. The molecule has 6 heteroatoms. The second kappa shape index (κ2) is 5.26. The predicted octanol–water partition coefficient (Wildman–Crippen LogP) is 1.02. The number of para-hydroxylation sites is 2. The van der Waals surface area contributed by atoms with Crippen LogP contribution < -0.4 is 14.5 Å². The first-order chi connectivity index (χ1) is 9.60. The number of fused-ring (bicyclic) bond motifs is 1. The lowest BCUT2D eigenvalue weighted by molar-refractivity contribution is 0.494. The predicted molar refractivity (Wildman–Crippen MR) is 81.9 cm³/mol. The zero-order valence-corrected chi connectivity index (χ0v) is 12.6. The van der Waals surface area contributed by atoms with Crippen LogP contribution in [0.5, 0.6) is 0 Å². The molecule has 1 unspecified atom stereocenters. The van der Waals surface area contributed by atoms with E-state index in [0.717, 1.165) is 37.3 Å². The van der Waals surface area contributed by atoms with E-state index in [4.69, 9.17) is 0 Å². The van der Waals surface area contributed by atoms with Crippen LogP contribution in [0.1, 0.15) is 12.8 Å². The van der Waals surface area contributed by atoms with Gasteiger partial charge in [0.25, 0.3) is 0 Å². The molecule has 0 aromatic heterocycles. The van der Waals surface area contributed by atoms with Crippen molar-refractivity contribution in [1.29, 1.82) is 0 Å². The summed E-state index contributed by atoms with van der Waals surface area (Å²) in [5, 5.41) is 2.90. The highest BCUT2D eigenvalue weighted by Crippen LogP contribution is 2.35. The lowest BCUT2D eigenvalue weighted by Gasteiger charge is -2.38. The molecule has 0 spiro atoms. The van der Waals surface area contributed by atoms with Crippen molar-refractivity contribution >= 4 is 21.4 Å². The molecule has 110 valence electrons. The van der Waals surface area contributed by atoms with E-state index in [1.54, 1.807) is 4.31 Å². The van der Waals surface area contributed by atoms with Crippen molar-refractivity contribution in [2.45, 2.75) is 18.1 Å². The summed E-state index contributed by atoms with van der Waals surface area (Å²) >= 11 is 0. The monoisotopic (exact) mass is 295 g/mol. The van der Waals surface area contributed by atoms with Crippen LogP contribution >= 0.6 is 0 Å². The molecule has 1 aromatic carbocycles. The van der Waals surface area contributed by atoms with Crippen molar-refractivity contribution < 1.29 is 8.42 Å². The number of hydrogen-bond donors (Lipinski definition) is 1. The summed E-state index contributed by atoms with van der Waals surface area (Å²) in [6, 6.07) is 7.74. The molecule has 2 aliphatic rings. The summed E-state index contributed by atoms with van der Waals surface area (Å²) < 4.78 is 27.4. The van der Waals surface area contributed by atoms with Gasteiger partial charge >= 0.3 is 0 Å². The number of benzene rings is 1. The van der Waals surface area contributed by atoms with E-state index >= 15 is 0 Å². The van der Waals surface area contributed by atoms with E-state index in [1.165, 1.54) is 0 Å². The third-order valence-corrected chi connectivity index (χ3v) is 6.42. The second-order valence-corrected chi connectivity index (χ2v) is 7.63. The summed E-state index contributed by atoms with van der Waals surface area (Å²) in [6.07, 6.45) is 1.68. The fourth-order valence-corrected chi connectivity index (χ4v) is 4.92. The van der Waals surface area contributed by atoms with Crippen molar-refractivity contribution in [2.75, 3.05) is 42.4 Å². The largest absolute Gasteiger partial charge is 0.371 e. The molecule has 2 aliphatic heterocycles. The third-order valence-electron chi connectivity index (χ3n) is 4.18. The average Bonchev–Trinajstić information content (AvgIpc) is 2.48. The Kier molecular flexibility index (Phi) is 3.60. The van der Waals surface area contributed by atoms with Gasteiger partial charge in [0.2, 0.25) is 10.0 Å². The zero-order chi connectivity index (χ0) is 14.2. The van der Waals surface area contributed by atoms with Crippen molar-refractivity contribution in [3.8, 4) is 0 Å². The van der Waals surface area contributed by atoms with Crippen LogP contribution in [0.4, 0.5) is 11.4 Å². The van der Waals surface area contributed by atoms with E-state index in [1.807, 2.05) is 31.3 Å². The van der Waals surface area contributed by atoms with Crippen LogP contribution in [0, 0.1) is 0 Å². The van der Waals surface area contributed by atoms with Crippen LogP contribution in [0.25, 0.3) is 0 Å². The van der Waals surface area contributed by atoms with Gasteiger partial charge in [0.1, 0.15) is 0 Å². The Labute approximate surface area is 120 Å². The van der Waals surface area contributed by atoms with Crippen LogP contribution in [0.2, 0.25) is 0 Å². The quantitative estimate of drug-likeness (QED) is 0.885. The third kappa shape index (κ3) is 2.27. The number of piperidine rings is 1. The molecule has 20 heavy (non-hydrogen) atoms. The molecule has 0 aliphatic carbocycles. The zero-order valence-electron chi connectivity index (χ0n) is 11.7. The maximum Gasteiger partial charge on any atom is 0.239 e. The number of sulfonamides is 1. The molecule has 0 bridgehead atoms. The van der Waals surface area contributed by atoms with Gasteiger partial charge in [-0.2, -0.15) is 0 Å². The van der Waals surface area contributed by atoms with Gasteiger partial charge in [0.05, 0.1) is 23.2 Å². The maximum absolute atomic E-state index is 12.9. The molecule has 0 radical (unpaired) electrons. The summed E-state index contributed by atoms with van der Waals surface area (Å²) in [4.78, 5) is 2.11. The summed E-state index contributed by atoms with van der Waals surface area (Å²) in [5.41, 5.74) is 1.80. The number of nitrogens with one attached hydrogen (secondary N) is 1. The average molecular weight is 295 g/mol. The highest BCUT2D eigenvalue weighted by atomic mass is 32.2. The molecular formula is C14H21N3O2S. The van der Waals surface area contributed by atoms with Gasteiger partial charge in [-0.3, -0.25) is 4.31 Å². The molecule has 2 heterocycles. The topological polar surface area (TPSA) is 52.7 Å². The van der Waals surface area contributed by atoms with E-state index in [0.29, 0.717) is 13.1 Å². The Morgan fingerprint density at radius 2 is 1.95 bits per heavy atom. The molecule has 1 N–H and O–H groups in total. The van der Waals surface area contributed by atoms with E-state index in [9.17, 15) is 8.42 Å². The molecule has 0 amide bonds. The van der Waals surface area contributed by atoms with Crippen molar-refractivity contribution in [3.05, 3.63) is 24.3 Å². The highest BCUT2D eigenvalue weighted by Gasteiger charge is 2.36. The summed E-state index contributed by atoms with van der Waals surface area (Å²) in [5.74, 6) is 0. The lowest BCUT2D eigenvalue weighted by atomic mass is 10.2. The Balaban J connectivity index is 1.96. The first-order valence-electron chi connectivity index (χ1n) is 7.13. The molecule has 1 atom stereocenters. The van der Waals surface area contributed by atoms with Crippen molar-refractivity contribution in [2.24, 2.45) is 0 Å². The van der Waals surface area contributed by atoms with Crippen LogP contribution in [-0.4, -0.2) is 46.9 Å². The molecule has 1 fully saturated rings. The number of rotatable bonds is 2. The first-order valence-corrected chi connectivity index (χ1v) is 8.63. The number of anilines is 2. The smallest absolute Gasteiger partial charge is 0.239 e. The normalized spacial score (nSPS) is 23.6. The lowest BCUT2D eigenvalue weighted by Crippen LogP contribution is -2.50. The minimum Gasteiger partial charge on any atom is -0.371 e. The van der Waals surface area contributed by atoms with Crippen molar-refractivity contribution in [3.63, 3.8) is 0 Å². The van der Waals surface area contributed by atoms with Crippen molar-refractivity contribution in [1.82, 2.24) is 5.32 Å². The minimum absolute atomic E-state index is 0.298. The van der Waals surface area contributed by atoms with Crippen LogP contribution in [-0.2, 0) is 10.0 Å². The van der Waals surface area contributed by atoms with Gasteiger partial charge in [0, 0.05) is 20.1 Å². The highest BCUT2D eigenvalue weighted by molar-refractivity contribution is 7.93. The second-order valence-electron chi connectivity index (χ2n) is 5.50. The summed E-state index contributed by atoms with van der Waals surface area (Å²) in [7, 11) is -1.27. The Hall–Kier alpha value is -1.27. The van der Waals surface area contributed by atoms with Gasteiger partial charge in [-0.05, 0) is 31.5 Å². The molecule has 5 nitrogen and oxygen atoms in total. The fraction of sp³-hybridized carbons (Fsp3) is 0.571. The number of hydrogen-bond acceptors (Lipinski definition) is 4. The van der Waals surface area contributed by atoms with Gasteiger partial charge in [-0.25, -0.2) is 8.42 Å². The van der Waals surface area contributed by atoms with Gasteiger partial charge < -0.3 is 10.2 Å². The van der Waals surface area contributed by atoms with Gasteiger partial charge in [0.15, 0.2) is 0 Å². The Morgan fingerprint density at radius 3 is 2.65 bits per heavy atom. The standard InChI is InChI=1S/C14H21N3O2S/c1-16-9-10-17(14-7-3-2-6-13(14)16)20(18,19)12-5-4-8-15-11-12/h2-3,6-7,12,15H,4-5,8-11H2,1H3. The molecular weight excluding hydrogens is 274 g/mol. The minimum atomic E-state index is -3.28. The SMILES string of the molecule is CN1CCN(S(=O)(=O)C2CCCNC2)c2ccccc21. The molecule has 1 saturated heterocycles. The summed E-state index contributed by atoms with van der Waals surface area (Å²) in [6.45, 7) is 2.75. The Morgan fingerprint density at radius 1 is 1.20 bits per heavy atom. The van der Waals surface area contributed by atoms with Gasteiger partial charge in [-0.15, -0.1) is 0 Å². The fourth-order valence-electron chi connectivity index (χ4n) is 3.00. The number of likely N-dealkylation sites (N-methyl/N-ethyl adjacent to an activating group) is 1. The van der Waals surface area contributed by atoms with Crippen LogP contribution in [0.3, 0.4) is 0 Å². The first kappa shape index (κ1) is 13.7. The van der Waals surface area contributed by atoms with E-state index in [-0.39, 0.29) is 5.25 Å². The molecule has 0 saturated carbocycles. The van der Waals surface area contributed by atoms with Crippen LogP contribution in [0.15, 0.2) is 24.3 Å². The number of nitrogens with zero attached hydrogens (tertiary/aromatic N) is 2. The van der Waals surface area contributed by atoms with E-state index in [2.05, 4.69) is 10.2 Å². The van der Waals surface area contributed by atoms with Gasteiger partial charge in [-0.1, -0.05) is 12.1 Å².